The summed E-state index contributed by atoms with van der Waals surface area (Å²) in [6.45, 7) is 3.25. The molecule has 0 aromatic rings. The maximum absolute atomic E-state index is 12.7. The number of hydrogen-bond acceptors (Lipinski definition) is 3. The number of imide groups is 1. The highest BCUT2D eigenvalue weighted by Gasteiger charge is 2.56. The van der Waals surface area contributed by atoms with E-state index in [4.69, 9.17) is 0 Å². The number of urea groups is 1. The molecule has 1 atom stereocenters. The molecule has 132 valence electrons. The second-order valence-corrected chi connectivity index (χ2v) is 8.42. The fraction of sp³-hybridized carbons (Fsp3) is 0.833. The van der Waals surface area contributed by atoms with Crippen molar-refractivity contribution in [1.82, 2.24) is 15.1 Å². The van der Waals surface area contributed by atoms with E-state index < -0.39 is 11.6 Å². The zero-order valence-corrected chi connectivity index (χ0v) is 14.5. The van der Waals surface area contributed by atoms with E-state index in [9.17, 15) is 14.4 Å². The van der Waals surface area contributed by atoms with Crippen LogP contribution in [-0.4, -0.2) is 52.8 Å². The van der Waals surface area contributed by atoms with Crippen LogP contribution in [0.1, 0.15) is 58.3 Å². The molecule has 6 heteroatoms. The van der Waals surface area contributed by atoms with Crippen molar-refractivity contribution in [2.24, 2.45) is 11.3 Å². The van der Waals surface area contributed by atoms with E-state index in [2.05, 4.69) is 5.32 Å². The summed E-state index contributed by atoms with van der Waals surface area (Å²) in [7, 11) is 0. The monoisotopic (exact) mass is 333 g/mol. The minimum Gasteiger partial charge on any atom is -0.341 e. The number of nitrogens with zero attached hydrogens (tertiary/aromatic N) is 2. The third-order valence-corrected chi connectivity index (χ3v) is 6.69. The number of likely N-dealkylation sites (tertiary alicyclic amines) is 1. The Morgan fingerprint density at radius 1 is 1.17 bits per heavy atom. The summed E-state index contributed by atoms with van der Waals surface area (Å²) in [6.07, 6.45) is 9.25. The Balaban J connectivity index is 1.39. The molecule has 0 bridgehead atoms. The molecule has 6 nitrogen and oxygen atoms in total. The minimum absolute atomic E-state index is 0.0824. The van der Waals surface area contributed by atoms with Crippen molar-refractivity contribution >= 4 is 17.8 Å². The predicted octanol–water partition coefficient (Wildman–Crippen LogP) is 1.89. The molecule has 4 aliphatic rings. The van der Waals surface area contributed by atoms with Crippen LogP contribution in [0.15, 0.2) is 0 Å². The summed E-state index contributed by atoms with van der Waals surface area (Å²) in [4.78, 5) is 40.5. The summed E-state index contributed by atoms with van der Waals surface area (Å²) >= 11 is 0. The van der Waals surface area contributed by atoms with Crippen LogP contribution in [-0.2, 0) is 9.59 Å². The van der Waals surface area contributed by atoms with Crippen LogP contribution in [0.5, 0.6) is 0 Å². The smallest absolute Gasteiger partial charge is 0.325 e. The SMILES string of the molecule is C[C@]1(C2CC2)NC(=O)N(CC(=O)N2CCC3(CCCCC3)C2)C1=O. The third-order valence-electron chi connectivity index (χ3n) is 6.69. The van der Waals surface area contributed by atoms with Gasteiger partial charge in [-0.3, -0.25) is 14.5 Å². The Labute approximate surface area is 142 Å². The maximum Gasteiger partial charge on any atom is 0.325 e. The van der Waals surface area contributed by atoms with Gasteiger partial charge in [0.2, 0.25) is 5.91 Å². The van der Waals surface area contributed by atoms with Crippen molar-refractivity contribution in [3.05, 3.63) is 0 Å². The highest BCUT2D eigenvalue weighted by molar-refractivity contribution is 6.09. The van der Waals surface area contributed by atoms with E-state index in [0.717, 1.165) is 37.3 Å². The number of carbonyl (C=O) groups is 3. The largest absolute Gasteiger partial charge is 0.341 e. The van der Waals surface area contributed by atoms with Crippen LogP contribution in [0.2, 0.25) is 0 Å². The van der Waals surface area contributed by atoms with Gasteiger partial charge in [-0.15, -0.1) is 0 Å². The van der Waals surface area contributed by atoms with Crippen molar-refractivity contribution in [3.8, 4) is 0 Å². The first-order valence-corrected chi connectivity index (χ1v) is 9.35. The van der Waals surface area contributed by atoms with Gasteiger partial charge >= 0.3 is 6.03 Å². The fourth-order valence-electron chi connectivity index (χ4n) is 4.89. The van der Waals surface area contributed by atoms with Crippen LogP contribution in [0.4, 0.5) is 4.79 Å². The first kappa shape index (κ1) is 15.9. The normalized spacial score (nSPS) is 32.5. The van der Waals surface area contributed by atoms with E-state index in [1.54, 1.807) is 6.92 Å². The lowest BCUT2D eigenvalue weighted by molar-refractivity contribution is -0.138. The predicted molar refractivity (Wildman–Crippen MR) is 88.1 cm³/mol. The van der Waals surface area contributed by atoms with Gasteiger partial charge in [-0.2, -0.15) is 0 Å². The summed E-state index contributed by atoms with van der Waals surface area (Å²) in [5, 5.41) is 2.81. The third kappa shape index (κ3) is 2.50. The Bertz CT molecular complexity index is 580. The molecule has 24 heavy (non-hydrogen) atoms. The Hall–Kier alpha value is -1.59. The van der Waals surface area contributed by atoms with Gasteiger partial charge in [0, 0.05) is 13.1 Å². The van der Waals surface area contributed by atoms with E-state index in [0.29, 0.717) is 5.41 Å². The summed E-state index contributed by atoms with van der Waals surface area (Å²) < 4.78 is 0. The lowest BCUT2D eigenvalue weighted by Crippen LogP contribution is -2.47. The molecule has 1 spiro atoms. The molecule has 0 unspecified atom stereocenters. The number of hydrogen-bond donors (Lipinski definition) is 1. The second-order valence-electron chi connectivity index (χ2n) is 8.42. The molecule has 0 aromatic carbocycles. The maximum atomic E-state index is 12.7. The fourth-order valence-corrected chi connectivity index (χ4v) is 4.89. The second kappa shape index (κ2) is 5.46. The van der Waals surface area contributed by atoms with Crippen LogP contribution in [0.3, 0.4) is 0 Å². The van der Waals surface area contributed by atoms with Crippen molar-refractivity contribution < 1.29 is 14.4 Å². The molecular weight excluding hydrogens is 306 g/mol. The minimum atomic E-state index is -0.799. The summed E-state index contributed by atoms with van der Waals surface area (Å²) in [5.74, 6) is -0.0812. The standard InChI is InChI=1S/C18H27N3O3/c1-17(13-5-6-13)15(23)21(16(24)19-17)11-14(22)20-10-9-18(12-20)7-3-2-4-8-18/h13H,2-12H2,1H3,(H,19,24)/t17-/m1/s1. The van der Waals surface area contributed by atoms with Crippen molar-refractivity contribution in [3.63, 3.8) is 0 Å². The molecule has 2 heterocycles. The van der Waals surface area contributed by atoms with Crippen molar-refractivity contribution in [2.75, 3.05) is 19.6 Å². The van der Waals surface area contributed by atoms with Gasteiger partial charge in [0.25, 0.3) is 5.91 Å². The van der Waals surface area contributed by atoms with E-state index in [-0.39, 0.29) is 24.3 Å². The lowest BCUT2D eigenvalue weighted by atomic mass is 9.73. The summed E-state index contributed by atoms with van der Waals surface area (Å²) in [6, 6.07) is -0.408. The molecule has 4 rings (SSSR count). The molecule has 2 saturated carbocycles. The number of amides is 4. The topological polar surface area (TPSA) is 69.7 Å². The van der Waals surface area contributed by atoms with Crippen LogP contribution >= 0.6 is 0 Å². The van der Waals surface area contributed by atoms with E-state index in [1.165, 1.54) is 32.1 Å². The van der Waals surface area contributed by atoms with Gasteiger partial charge in [0.15, 0.2) is 0 Å². The number of nitrogens with one attached hydrogen (secondary N) is 1. The van der Waals surface area contributed by atoms with Gasteiger partial charge in [0.1, 0.15) is 12.1 Å². The molecule has 2 aliphatic carbocycles. The molecule has 2 saturated heterocycles. The lowest BCUT2D eigenvalue weighted by Gasteiger charge is -2.33. The first-order valence-electron chi connectivity index (χ1n) is 9.35. The molecule has 1 N–H and O–H groups in total. The van der Waals surface area contributed by atoms with Crippen molar-refractivity contribution in [2.45, 2.75) is 63.8 Å². The highest BCUT2D eigenvalue weighted by atomic mass is 16.2. The first-order chi connectivity index (χ1) is 11.4. The molecule has 4 fully saturated rings. The van der Waals surface area contributed by atoms with Crippen LogP contribution in [0, 0.1) is 11.3 Å². The zero-order chi connectivity index (χ0) is 16.9. The van der Waals surface area contributed by atoms with Crippen LogP contribution in [0.25, 0.3) is 0 Å². The van der Waals surface area contributed by atoms with Gasteiger partial charge in [-0.25, -0.2) is 4.79 Å². The van der Waals surface area contributed by atoms with E-state index in [1.807, 2.05) is 4.90 Å². The molecule has 2 aliphatic heterocycles. The molecule has 4 amide bonds. The quantitative estimate of drug-likeness (QED) is 0.802. The number of carbonyl (C=O) groups excluding carboxylic acids is 3. The van der Waals surface area contributed by atoms with Crippen LogP contribution < -0.4 is 5.32 Å². The van der Waals surface area contributed by atoms with Gasteiger partial charge in [0.05, 0.1) is 0 Å². The Morgan fingerprint density at radius 3 is 2.54 bits per heavy atom. The Kier molecular flexibility index (Phi) is 3.62. The van der Waals surface area contributed by atoms with E-state index >= 15 is 0 Å². The van der Waals surface area contributed by atoms with Gasteiger partial charge in [-0.05, 0) is 50.4 Å². The van der Waals surface area contributed by atoms with Gasteiger partial charge in [-0.1, -0.05) is 19.3 Å². The number of rotatable bonds is 3. The summed E-state index contributed by atoms with van der Waals surface area (Å²) in [5.41, 5.74) is -0.499. The molecule has 0 radical (unpaired) electrons. The highest BCUT2D eigenvalue weighted by Crippen LogP contribution is 2.44. The van der Waals surface area contributed by atoms with Crippen molar-refractivity contribution in [1.29, 1.82) is 0 Å². The average molecular weight is 333 g/mol. The zero-order valence-electron chi connectivity index (χ0n) is 14.5. The average Bonchev–Trinajstić information content (AvgIpc) is 3.31. The molecular formula is C18H27N3O3. The van der Waals surface area contributed by atoms with Gasteiger partial charge < -0.3 is 10.2 Å². The molecule has 0 aromatic heterocycles. The Morgan fingerprint density at radius 2 is 1.88 bits per heavy atom.